The first-order valence-corrected chi connectivity index (χ1v) is 8.33. The lowest BCUT2D eigenvalue weighted by atomic mass is 10.4. The molecule has 0 aliphatic carbocycles. The molecular formula is C10H17ClN2O2S2. The van der Waals surface area contributed by atoms with Crippen molar-refractivity contribution in [2.75, 3.05) is 18.7 Å². The number of alkyl halides is 1. The van der Waals surface area contributed by atoms with Gasteiger partial charge in [0.25, 0.3) is 0 Å². The van der Waals surface area contributed by atoms with Crippen molar-refractivity contribution in [1.82, 2.24) is 9.29 Å². The van der Waals surface area contributed by atoms with E-state index >= 15 is 0 Å². The fourth-order valence-corrected chi connectivity index (χ4v) is 3.67. The van der Waals surface area contributed by atoms with Crippen LogP contribution in [0.1, 0.15) is 22.7 Å². The molecule has 0 radical (unpaired) electrons. The van der Waals surface area contributed by atoms with Gasteiger partial charge in [0.15, 0.2) is 0 Å². The zero-order valence-electron chi connectivity index (χ0n) is 10.0. The Bertz CT molecular complexity index is 445. The third-order valence-corrected chi connectivity index (χ3v) is 5.36. The first kappa shape index (κ1) is 14.9. The molecule has 0 saturated carbocycles. The Balaban J connectivity index is 2.53. The molecule has 1 aromatic rings. The summed E-state index contributed by atoms with van der Waals surface area (Å²) in [7, 11) is -1.57. The van der Waals surface area contributed by atoms with Gasteiger partial charge in [-0.15, -0.1) is 22.9 Å². The second kappa shape index (κ2) is 6.68. The van der Waals surface area contributed by atoms with Crippen molar-refractivity contribution >= 4 is 33.0 Å². The number of aryl methyl sites for hydroxylation is 1. The molecule has 0 fully saturated rings. The van der Waals surface area contributed by atoms with E-state index in [1.165, 1.54) is 15.6 Å². The van der Waals surface area contributed by atoms with E-state index in [4.69, 9.17) is 11.6 Å². The van der Waals surface area contributed by atoms with Gasteiger partial charge in [-0.3, -0.25) is 0 Å². The fourth-order valence-electron chi connectivity index (χ4n) is 1.33. The van der Waals surface area contributed by atoms with Crippen molar-refractivity contribution in [1.29, 1.82) is 0 Å². The Morgan fingerprint density at radius 1 is 1.47 bits per heavy atom. The summed E-state index contributed by atoms with van der Waals surface area (Å²) in [5.74, 6) is 0.668. The summed E-state index contributed by atoms with van der Waals surface area (Å²) in [5.41, 5.74) is 0. The molecule has 0 aliphatic rings. The van der Waals surface area contributed by atoms with Gasteiger partial charge in [0.2, 0.25) is 10.0 Å². The van der Waals surface area contributed by atoms with Gasteiger partial charge in [0.1, 0.15) is 0 Å². The van der Waals surface area contributed by atoms with E-state index in [1.807, 2.05) is 6.92 Å². The molecule has 17 heavy (non-hydrogen) atoms. The molecule has 1 rings (SSSR count). The molecule has 0 unspecified atom stereocenters. The molecule has 0 bridgehead atoms. The maximum absolute atomic E-state index is 11.9. The highest BCUT2D eigenvalue weighted by molar-refractivity contribution is 7.89. The predicted molar refractivity (Wildman–Crippen MR) is 72.1 cm³/mol. The highest BCUT2D eigenvalue weighted by Crippen LogP contribution is 2.15. The topological polar surface area (TPSA) is 50.3 Å². The molecular weight excluding hydrogens is 280 g/mol. The summed E-state index contributed by atoms with van der Waals surface area (Å²) in [5, 5.41) is 0.952. The number of sulfonamides is 1. The van der Waals surface area contributed by atoms with Crippen LogP contribution in [-0.4, -0.2) is 36.4 Å². The lowest BCUT2D eigenvalue weighted by molar-refractivity contribution is 0.467. The summed E-state index contributed by atoms with van der Waals surface area (Å²) in [4.78, 5) is 5.07. The molecule has 0 saturated heterocycles. The third-order valence-electron chi connectivity index (χ3n) is 2.31. The maximum atomic E-state index is 11.9. The zero-order valence-corrected chi connectivity index (χ0v) is 12.4. The highest BCUT2D eigenvalue weighted by atomic mass is 35.5. The van der Waals surface area contributed by atoms with E-state index < -0.39 is 10.0 Å². The Morgan fingerprint density at radius 3 is 2.71 bits per heavy atom. The van der Waals surface area contributed by atoms with Gasteiger partial charge in [-0.05, 0) is 19.8 Å². The van der Waals surface area contributed by atoms with E-state index in [-0.39, 0.29) is 5.75 Å². The van der Waals surface area contributed by atoms with Gasteiger partial charge in [-0.1, -0.05) is 0 Å². The minimum atomic E-state index is -3.17. The molecule has 0 amide bonds. The molecule has 0 aromatic carbocycles. The standard InChI is InChI=1S/C10H17ClN2O2S2/c1-9-12-7-10(16-9)8-13(2)17(14,15)6-4-3-5-11/h7H,3-6,8H2,1-2H3. The van der Waals surface area contributed by atoms with Crippen molar-refractivity contribution in [2.24, 2.45) is 0 Å². The summed E-state index contributed by atoms with van der Waals surface area (Å²) < 4.78 is 25.2. The normalized spacial score (nSPS) is 12.2. The molecule has 0 N–H and O–H groups in total. The van der Waals surface area contributed by atoms with E-state index in [0.717, 1.165) is 16.3 Å². The first-order valence-electron chi connectivity index (χ1n) is 5.37. The predicted octanol–water partition coefficient (Wildman–Crippen LogP) is 2.23. The van der Waals surface area contributed by atoms with Gasteiger partial charge in [-0.25, -0.2) is 13.4 Å². The monoisotopic (exact) mass is 296 g/mol. The molecule has 1 aromatic heterocycles. The van der Waals surface area contributed by atoms with Crippen molar-refractivity contribution in [3.05, 3.63) is 16.1 Å². The van der Waals surface area contributed by atoms with E-state index in [9.17, 15) is 8.42 Å². The Labute approximate surface area is 112 Å². The van der Waals surface area contributed by atoms with Crippen LogP contribution >= 0.6 is 22.9 Å². The van der Waals surface area contributed by atoms with Crippen molar-refractivity contribution in [3.63, 3.8) is 0 Å². The van der Waals surface area contributed by atoms with Crippen LogP contribution in [-0.2, 0) is 16.6 Å². The largest absolute Gasteiger partial charge is 0.250 e. The van der Waals surface area contributed by atoms with E-state index in [0.29, 0.717) is 18.8 Å². The van der Waals surface area contributed by atoms with Gasteiger partial charge >= 0.3 is 0 Å². The first-order chi connectivity index (χ1) is 7.95. The second-order valence-corrected chi connectivity index (χ2v) is 7.71. The number of unbranched alkanes of at least 4 members (excludes halogenated alkanes) is 1. The van der Waals surface area contributed by atoms with Crippen molar-refractivity contribution in [3.8, 4) is 0 Å². The Morgan fingerprint density at radius 2 is 2.18 bits per heavy atom. The summed E-state index contributed by atoms with van der Waals surface area (Å²) >= 11 is 7.05. The van der Waals surface area contributed by atoms with Crippen molar-refractivity contribution < 1.29 is 8.42 Å². The van der Waals surface area contributed by atoms with Crippen LogP contribution in [0.5, 0.6) is 0 Å². The molecule has 7 heteroatoms. The smallest absolute Gasteiger partial charge is 0.214 e. The number of halogens is 1. The molecule has 4 nitrogen and oxygen atoms in total. The van der Waals surface area contributed by atoms with Crippen molar-refractivity contribution in [2.45, 2.75) is 26.3 Å². The van der Waals surface area contributed by atoms with Gasteiger partial charge in [0, 0.05) is 30.5 Å². The number of hydrogen-bond donors (Lipinski definition) is 0. The van der Waals surface area contributed by atoms with Gasteiger partial charge < -0.3 is 0 Å². The van der Waals surface area contributed by atoms with Crippen LogP contribution in [0.15, 0.2) is 6.20 Å². The number of hydrogen-bond acceptors (Lipinski definition) is 4. The second-order valence-electron chi connectivity index (χ2n) is 3.81. The molecule has 0 atom stereocenters. The van der Waals surface area contributed by atoms with Crippen LogP contribution in [0.4, 0.5) is 0 Å². The maximum Gasteiger partial charge on any atom is 0.214 e. The SMILES string of the molecule is Cc1ncc(CN(C)S(=O)(=O)CCCCCl)s1. The summed E-state index contributed by atoms with van der Waals surface area (Å²) in [6.45, 7) is 2.30. The Hall–Kier alpha value is -0.170. The van der Waals surface area contributed by atoms with Crippen LogP contribution in [0.3, 0.4) is 0 Å². The van der Waals surface area contributed by atoms with Gasteiger partial charge in [-0.2, -0.15) is 4.31 Å². The van der Waals surface area contributed by atoms with Crippen LogP contribution < -0.4 is 0 Å². The van der Waals surface area contributed by atoms with Crippen LogP contribution in [0.2, 0.25) is 0 Å². The summed E-state index contributed by atoms with van der Waals surface area (Å²) in [6.07, 6.45) is 3.07. The molecule has 0 aliphatic heterocycles. The number of nitrogens with zero attached hydrogens (tertiary/aromatic N) is 2. The van der Waals surface area contributed by atoms with Crippen LogP contribution in [0.25, 0.3) is 0 Å². The average Bonchev–Trinajstić information content (AvgIpc) is 2.64. The zero-order chi connectivity index (χ0) is 12.9. The lowest BCUT2D eigenvalue weighted by Crippen LogP contribution is -2.28. The van der Waals surface area contributed by atoms with Crippen LogP contribution in [0, 0.1) is 6.92 Å². The molecule has 0 spiro atoms. The quantitative estimate of drug-likeness (QED) is 0.573. The lowest BCUT2D eigenvalue weighted by Gasteiger charge is -2.15. The molecule has 98 valence electrons. The van der Waals surface area contributed by atoms with Gasteiger partial charge in [0.05, 0.1) is 10.8 Å². The van der Waals surface area contributed by atoms with E-state index in [1.54, 1.807) is 13.2 Å². The Kier molecular flexibility index (Phi) is 5.85. The summed E-state index contributed by atoms with van der Waals surface area (Å²) in [6, 6.07) is 0. The minimum Gasteiger partial charge on any atom is -0.250 e. The van der Waals surface area contributed by atoms with E-state index in [2.05, 4.69) is 4.98 Å². The third kappa shape index (κ3) is 4.91. The number of aromatic nitrogens is 1. The average molecular weight is 297 g/mol. The number of rotatable bonds is 7. The highest BCUT2D eigenvalue weighted by Gasteiger charge is 2.18. The fraction of sp³-hybridized carbons (Fsp3) is 0.700. The minimum absolute atomic E-state index is 0.161. The number of thiazole rings is 1. The molecule has 1 heterocycles.